The summed E-state index contributed by atoms with van der Waals surface area (Å²) in [5, 5.41) is 16.4. The van der Waals surface area contributed by atoms with Gasteiger partial charge in [0.25, 0.3) is 11.9 Å². The molecular weight excluding hydrogens is 408 g/mol. The number of nitrogen functional groups attached to an aromatic ring is 1. The molecule has 1 amide bonds. The van der Waals surface area contributed by atoms with Crippen molar-refractivity contribution in [1.29, 1.82) is 0 Å². The van der Waals surface area contributed by atoms with Gasteiger partial charge in [-0.2, -0.15) is 15.1 Å². The molecule has 4 atom stereocenters. The Hall–Kier alpha value is -3.13. The Morgan fingerprint density at radius 1 is 1.32 bits per heavy atom. The van der Waals surface area contributed by atoms with Crippen molar-refractivity contribution in [3.63, 3.8) is 0 Å². The zero-order valence-electron chi connectivity index (χ0n) is 17.1. The van der Waals surface area contributed by atoms with Crippen LogP contribution in [0.3, 0.4) is 0 Å². The van der Waals surface area contributed by atoms with Crippen molar-refractivity contribution < 1.29 is 24.1 Å². The molecule has 2 fully saturated rings. The molecule has 13 nitrogen and oxygen atoms in total. The van der Waals surface area contributed by atoms with E-state index in [1.54, 1.807) is 4.57 Å². The van der Waals surface area contributed by atoms with E-state index in [0.717, 1.165) is 0 Å². The highest BCUT2D eigenvalue weighted by Crippen LogP contribution is 2.43. The highest BCUT2D eigenvalue weighted by molar-refractivity contribution is 5.93. The predicted molar refractivity (Wildman–Crippen MR) is 105 cm³/mol. The second-order valence-corrected chi connectivity index (χ2v) is 7.80. The van der Waals surface area contributed by atoms with Gasteiger partial charge in [0.2, 0.25) is 0 Å². The van der Waals surface area contributed by atoms with Crippen LogP contribution in [0.25, 0.3) is 17.1 Å². The van der Waals surface area contributed by atoms with Crippen LogP contribution in [0.4, 0.5) is 5.82 Å². The number of nitrogens with zero attached hydrogens (tertiary/aromatic N) is 6. The molecule has 5 heterocycles. The van der Waals surface area contributed by atoms with Gasteiger partial charge >= 0.3 is 0 Å². The largest absolute Gasteiger partial charge is 0.394 e. The molecule has 3 aromatic rings. The van der Waals surface area contributed by atoms with Gasteiger partial charge in [-0.05, 0) is 13.8 Å². The van der Waals surface area contributed by atoms with Gasteiger partial charge in [-0.15, -0.1) is 0 Å². The average Bonchev–Trinajstić information content (AvgIpc) is 3.49. The molecule has 0 bridgehead atoms. The summed E-state index contributed by atoms with van der Waals surface area (Å²) in [6.07, 6.45) is 2.32. The standard InChI is InChI=1S/C18H22N8O5/c1-18(2)30-11-9(6-27)29-16(12(11)31-18)25-7-21-10-13(19)23-17(24-14(10)25)26-5-8(4-22-26)15(28)20-3/h4-5,7,9,11-12,16,27H,6H2,1-3H3,(H,20,28)(H2,19,23,24). The molecule has 0 aromatic carbocycles. The Morgan fingerprint density at radius 2 is 2.10 bits per heavy atom. The van der Waals surface area contributed by atoms with Gasteiger partial charge in [0.15, 0.2) is 23.5 Å². The number of nitrogens with two attached hydrogens (primary N) is 1. The van der Waals surface area contributed by atoms with Crippen molar-refractivity contribution in [2.45, 2.75) is 44.2 Å². The van der Waals surface area contributed by atoms with Crippen molar-refractivity contribution in [2.24, 2.45) is 0 Å². The fraction of sp³-hybridized carbons (Fsp3) is 0.500. The van der Waals surface area contributed by atoms with Crippen LogP contribution in [0.1, 0.15) is 30.4 Å². The molecule has 5 rings (SSSR count). The van der Waals surface area contributed by atoms with Crippen molar-refractivity contribution in [1.82, 2.24) is 34.6 Å². The number of fused-ring (bicyclic) bond motifs is 2. The van der Waals surface area contributed by atoms with Crippen LogP contribution in [-0.2, 0) is 14.2 Å². The van der Waals surface area contributed by atoms with Crippen LogP contribution in [0, 0.1) is 0 Å². The van der Waals surface area contributed by atoms with Crippen molar-refractivity contribution in [3.05, 3.63) is 24.3 Å². The number of carbonyl (C=O) groups is 1. The molecule has 31 heavy (non-hydrogen) atoms. The van der Waals surface area contributed by atoms with E-state index in [2.05, 4.69) is 25.4 Å². The summed E-state index contributed by atoms with van der Waals surface area (Å²) >= 11 is 0. The highest BCUT2D eigenvalue weighted by Gasteiger charge is 2.56. The maximum Gasteiger partial charge on any atom is 0.254 e. The predicted octanol–water partition coefficient (Wildman–Crippen LogP) is -0.636. The number of hydrogen-bond acceptors (Lipinski definition) is 10. The van der Waals surface area contributed by atoms with E-state index in [-0.39, 0.29) is 24.3 Å². The number of nitrogens with one attached hydrogen (secondary N) is 1. The fourth-order valence-electron chi connectivity index (χ4n) is 3.94. The minimum atomic E-state index is -0.814. The van der Waals surface area contributed by atoms with Crippen molar-refractivity contribution >= 4 is 22.9 Å². The number of rotatable bonds is 4. The molecule has 0 radical (unpaired) electrons. The summed E-state index contributed by atoms with van der Waals surface area (Å²) in [6.45, 7) is 3.40. The Morgan fingerprint density at radius 3 is 2.84 bits per heavy atom. The van der Waals surface area contributed by atoms with E-state index in [0.29, 0.717) is 16.7 Å². The summed E-state index contributed by atoms with van der Waals surface area (Å²) < 4.78 is 21.0. The van der Waals surface area contributed by atoms with E-state index in [9.17, 15) is 9.90 Å². The van der Waals surface area contributed by atoms with Gasteiger partial charge in [-0.1, -0.05) is 0 Å². The number of anilines is 1. The third-order valence-corrected chi connectivity index (χ3v) is 5.29. The molecule has 2 saturated heterocycles. The molecule has 3 aromatic heterocycles. The Balaban J connectivity index is 1.56. The first-order chi connectivity index (χ1) is 14.8. The van der Waals surface area contributed by atoms with Crippen LogP contribution in [-0.4, -0.2) is 78.1 Å². The molecule has 0 spiro atoms. The topological polar surface area (TPSA) is 164 Å². The molecular formula is C18H22N8O5. The SMILES string of the molecule is CNC(=O)c1cnn(-c2nc(N)c3ncn(C4OC(CO)C5OC(C)(C)OC54)c3n2)c1. The minimum absolute atomic E-state index is 0.146. The van der Waals surface area contributed by atoms with Crippen LogP contribution in [0.5, 0.6) is 0 Å². The lowest BCUT2D eigenvalue weighted by molar-refractivity contribution is -0.199. The zero-order chi connectivity index (χ0) is 21.9. The number of imidazole rings is 1. The molecule has 4 N–H and O–H groups in total. The normalized spacial score (nSPS) is 27.0. The monoisotopic (exact) mass is 430 g/mol. The molecule has 13 heteroatoms. The molecule has 2 aliphatic heterocycles. The number of aliphatic hydroxyl groups excluding tert-OH is 1. The van der Waals surface area contributed by atoms with Gasteiger partial charge in [0.1, 0.15) is 23.8 Å². The van der Waals surface area contributed by atoms with Crippen molar-refractivity contribution in [2.75, 3.05) is 19.4 Å². The van der Waals surface area contributed by atoms with Crippen LogP contribution < -0.4 is 11.1 Å². The molecule has 2 aliphatic rings. The van der Waals surface area contributed by atoms with E-state index in [4.69, 9.17) is 19.9 Å². The zero-order valence-corrected chi connectivity index (χ0v) is 17.1. The highest BCUT2D eigenvalue weighted by atomic mass is 16.8. The maximum atomic E-state index is 11.8. The second-order valence-electron chi connectivity index (χ2n) is 7.80. The van der Waals surface area contributed by atoms with Crippen LogP contribution in [0.2, 0.25) is 0 Å². The molecule has 4 unspecified atom stereocenters. The van der Waals surface area contributed by atoms with Gasteiger partial charge in [-0.25, -0.2) is 9.67 Å². The van der Waals surface area contributed by atoms with Gasteiger partial charge in [0.05, 0.1) is 24.7 Å². The first-order valence-corrected chi connectivity index (χ1v) is 9.70. The molecule has 0 aliphatic carbocycles. The number of aliphatic hydroxyl groups is 1. The van der Waals surface area contributed by atoms with Gasteiger partial charge in [-0.3, -0.25) is 9.36 Å². The average molecular weight is 430 g/mol. The number of ether oxygens (including phenoxy) is 3. The lowest BCUT2D eigenvalue weighted by Crippen LogP contribution is -2.31. The van der Waals surface area contributed by atoms with E-state index >= 15 is 0 Å². The Bertz CT molecular complexity index is 1160. The first-order valence-electron chi connectivity index (χ1n) is 9.70. The number of carbonyl (C=O) groups excluding carboxylic acids is 1. The van der Waals surface area contributed by atoms with E-state index in [1.807, 2.05) is 13.8 Å². The summed E-state index contributed by atoms with van der Waals surface area (Å²) in [5.41, 5.74) is 7.25. The number of hydrogen-bond donors (Lipinski definition) is 3. The van der Waals surface area contributed by atoms with Crippen LogP contribution in [0.15, 0.2) is 18.7 Å². The summed E-state index contributed by atoms with van der Waals surface area (Å²) in [7, 11) is 1.53. The van der Waals surface area contributed by atoms with Gasteiger partial charge in [0, 0.05) is 13.2 Å². The maximum absolute atomic E-state index is 11.8. The smallest absolute Gasteiger partial charge is 0.254 e. The molecule has 0 saturated carbocycles. The fourth-order valence-corrected chi connectivity index (χ4v) is 3.94. The van der Waals surface area contributed by atoms with Crippen LogP contribution >= 0.6 is 0 Å². The quantitative estimate of drug-likeness (QED) is 0.485. The third kappa shape index (κ3) is 3.13. The number of amides is 1. The summed E-state index contributed by atoms with van der Waals surface area (Å²) in [6, 6.07) is 0. The van der Waals surface area contributed by atoms with E-state index < -0.39 is 30.3 Å². The van der Waals surface area contributed by atoms with E-state index in [1.165, 1.54) is 30.5 Å². The molecule has 164 valence electrons. The third-order valence-electron chi connectivity index (χ3n) is 5.29. The second kappa shape index (κ2) is 6.95. The van der Waals surface area contributed by atoms with Crippen molar-refractivity contribution in [3.8, 4) is 5.95 Å². The minimum Gasteiger partial charge on any atom is -0.394 e. The first kappa shape index (κ1) is 19.8. The lowest BCUT2D eigenvalue weighted by Gasteiger charge is -2.24. The summed E-state index contributed by atoms with van der Waals surface area (Å²) in [5.74, 6) is -0.787. The Kier molecular flexibility index (Phi) is 4.44. The van der Waals surface area contributed by atoms with Gasteiger partial charge < -0.3 is 30.4 Å². The number of aromatic nitrogens is 6. The lowest BCUT2D eigenvalue weighted by atomic mass is 10.1. The Labute approximate surface area is 176 Å². The summed E-state index contributed by atoms with van der Waals surface area (Å²) in [4.78, 5) is 25.0.